The number of unbranched alkanes of at least 4 members (excludes halogenated alkanes) is 2. The molecule has 2 aliphatic rings. The van der Waals surface area contributed by atoms with Gasteiger partial charge in [-0.1, -0.05) is 30.4 Å². The van der Waals surface area contributed by atoms with Crippen molar-refractivity contribution in [3.05, 3.63) is 77.4 Å². The number of nitrogens with one attached hydrogen (secondary N) is 2. The minimum Gasteiger partial charge on any atom is -0.484 e. The summed E-state index contributed by atoms with van der Waals surface area (Å²) in [6.07, 6.45) is 1.97. The van der Waals surface area contributed by atoms with Crippen LogP contribution in [0, 0.1) is 0 Å². The highest BCUT2D eigenvalue weighted by atomic mass is 16.7. The molecular weight excluding hydrogens is 712 g/mol. The molecule has 0 bridgehead atoms. The van der Waals surface area contributed by atoms with Crippen molar-refractivity contribution in [2.75, 3.05) is 32.8 Å². The number of ether oxygens (including phenoxy) is 3. The summed E-state index contributed by atoms with van der Waals surface area (Å²) in [6.45, 7) is 5.18. The zero-order chi connectivity index (χ0) is 40.3. The smallest absolute Gasteiger partial charge is 0.243 e. The van der Waals surface area contributed by atoms with Crippen molar-refractivity contribution < 1.29 is 44.2 Å². The molecule has 4 rings (SSSR count). The number of carbonyl (C=O) groups is 2. The SMILES string of the molecule is CC=CC.NC(N)=NCCCCNC(=O)C=Cc1ccc2c(c1)C(C(=O)NCCCCN=C(N)N)C(c1ccc(OC3OC(CO)C(O)C(O)C3O)cc1)O2. The van der Waals surface area contributed by atoms with E-state index in [-0.39, 0.29) is 29.5 Å². The molecule has 7 atom stereocenters. The molecule has 2 aromatic carbocycles. The highest BCUT2D eigenvalue weighted by Crippen LogP contribution is 2.47. The van der Waals surface area contributed by atoms with Crippen LogP contribution in [-0.4, -0.2) is 108 Å². The monoisotopic (exact) mass is 768 g/mol. The predicted molar refractivity (Wildman–Crippen MR) is 209 cm³/mol. The van der Waals surface area contributed by atoms with E-state index in [9.17, 15) is 30.0 Å². The fraction of sp³-hybridized carbons (Fsp3) is 0.474. The van der Waals surface area contributed by atoms with Crippen LogP contribution < -0.4 is 43.0 Å². The number of rotatable bonds is 17. The average Bonchev–Trinajstić information content (AvgIpc) is 3.56. The Balaban J connectivity index is 0.00000193. The molecule has 2 aliphatic heterocycles. The molecule has 14 N–H and O–H groups in total. The van der Waals surface area contributed by atoms with E-state index in [1.165, 1.54) is 6.08 Å². The summed E-state index contributed by atoms with van der Waals surface area (Å²) in [5.74, 6) is -0.466. The number of hydrogen-bond donors (Lipinski definition) is 10. The van der Waals surface area contributed by atoms with Gasteiger partial charge in [0.15, 0.2) is 11.9 Å². The van der Waals surface area contributed by atoms with Crippen molar-refractivity contribution in [1.82, 2.24) is 10.6 Å². The summed E-state index contributed by atoms with van der Waals surface area (Å²) in [6, 6.07) is 11.9. The van der Waals surface area contributed by atoms with E-state index in [2.05, 4.69) is 20.6 Å². The molecule has 1 fully saturated rings. The van der Waals surface area contributed by atoms with Crippen LogP contribution in [0.3, 0.4) is 0 Å². The molecule has 2 aromatic rings. The average molecular weight is 769 g/mol. The van der Waals surface area contributed by atoms with Gasteiger partial charge < -0.3 is 68.2 Å². The maximum absolute atomic E-state index is 13.7. The van der Waals surface area contributed by atoms with E-state index >= 15 is 0 Å². The Morgan fingerprint density at radius 1 is 0.836 bits per heavy atom. The van der Waals surface area contributed by atoms with Crippen LogP contribution in [0.5, 0.6) is 11.5 Å². The van der Waals surface area contributed by atoms with Gasteiger partial charge in [-0.2, -0.15) is 0 Å². The Morgan fingerprint density at radius 2 is 1.45 bits per heavy atom. The van der Waals surface area contributed by atoms with Crippen LogP contribution in [0.1, 0.15) is 68.2 Å². The van der Waals surface area contributed by atoms with Gasteiger partial charge in [-0.15, -0.1) is 0 Å². The Bertz CT molecular complexity index is 1620. The van der Waals surface area contributed by atoms with Crippen molar-refractivity contribution in [1.29, 1.82) is 0 Å². The van der Waals surface area contributed by atoms with Crippen molar-refractivity contribution in [3.63, 3.8) is 0 Å². The summed E-state index contributed by atoms with van der Waals surface area (Å²) in [4.78, 5) is 34.0. The number of fused-ring (bicyclic) bond motifs is 1. The van der Waals surface area contributed by atoms with Crippen LogP contribution in [0.2, 0.25) is 0 Å². The predicted octanol–water partition coefficient (Wildman–Crippen LogP) is 0.0178. The first kappa shape index (κ1) is 44.2. The molecule has 302 valence electrons. The second kappa shape index (κ2) is 22.9. The van der Waals surface area contributed by atoms with Gasteiger partial charge in [0.2, 0.25) is 18.1 Å². The summed E-state index contributed by atoms with van der Waals surface area (Å²) in [5, 5.41) is 45.8. The lowest BCUT2D eigenvalue weighted by Crippen LogP contribution is -2.60. The van der Waals surface area contributed by atoms with Gasteiger partial charge in [0.25, 0.3) is 0 Å². The number of aliphatic imine (C=N–C) groups is 2. The van der Waals surface area contributed by atoms with E-state index in [0.717, 1.165) is 6.42 Å². The maximum Gasteiger partial charge on any atom is 0.243 e. The van der Waals surface area contributed by atoms with E-state index in [4.69, 9.17) is 37.1 Å². The number of guanidine groups is 2. The number of nitrogens with two attached hydrogens (primary N) is 4. The number of nitrogens with zero attached hydrogens (tertiary/aromatic N) is 2. The first-order valence-corrected chi connectivity index (χ1v) is 18.2. The largest absolute Gasteiger partial charge is 0.484 e. The minimum absolute atomic E-state index is 0.00745. The lowest BCUT2D eigenvalue weighted by atomic mass is 9.89. The molecule has 2 amide bonds. The van der Waals surface area contributed by atoms with E-state index in [1.54, 1.807) is 42.5 Å². The fourth-order valence-corrected chi connectivity index (χ4v) is 5.62. The third-order valence-corrected chi connectivity index (χ3v) is 8.63. The van der Waals surface area contributed by atoms with Crippen LogP contribution in [-0.2, 0) is 14.3 Å². The second-order valence-electron chi connectivity index (χ2n) is 12.8. The van der Waals surface area contributed by atoms with Crippen molar-refractivity contribution in [3.8, 4) is 11.5 Å². The Hall–Kier alpha value is -5.20. The van der Waals surface area contributed by atoms with Crippen LogP contribution in [0.15, 0.2) is 70.7 Å². The van der Waals surface area contributed by atoms with Crippen LogP contribution >= 0.6 is 0 Å². The third-order valence-electron chi connectivity index (χ3n) is 8.63. The summed E-state index contributed by atoms with van der Waals surface area (Å²) in [5.41, 5.74) is 23.4. The molecule has 17 nitrogen and oxygen atoms in total. The van der Waals surface area contributed by atoms with Gasteiger partial charge >= 0.3 is 0 Å². The Kier molecular flexibility index (Phi) is 18.4. The maximum atomic E-state index is 13.7. The third kappa shape index (κ3) is 13.9. The summed E-state index contributed by atoms with van der Waals surface area (Å²) in [7, 11) is 0. The molecule has 0 radical (unpaired) electrons. The standard InChI is InChI=1S/C34H48N8O9.C4H8/c35-33(36)41-15-3-1-13-39-25(44)12-6-19-5-11-23-22(17-19)26(31(48)40-14-2-4-16-42-34(37)38)30(50-23)20-7-9-21(10-8-20)49-32-29(47)28(46)27(45)24(18-43)51-32;1-3-4-2/h5-12,17,24,26-30,32,43,45-47H,1-4,13-16,18H2,(H,39,44)(H,40,48)(H4,35,36,41)(H4,37,38,42);3-4H,1-2H3. The highest BCUT2D eigenvalue weighted by Gasteiger charge is 2.45. The first-order valence-electron chi connectivity index (χ1n) is 18.2. The number of carbonyl (C=O) groups excluding carboxylic acids is 2. The number of aliphatic hydroxyl groups is 4. The number of allylic oxidation sites excluding steroid dienone is 2. The van der Waals surface area contributed by atoms with Crippen LogP contribution in [0.4, 0.5) is 0 Å². The van der Waals surface area contributed by atoms with Crippen molar-refractivity contribution in [2.24, 2.45) is 32.9 Å². The summed E-state index contributed by atoms with van der Waals surface area (Å²) < 4.78 is 17.5. The molecule has 0 aromatic heterocycles. The molecule has 0 spiro atoms. The zero-order valence-electron chi connectivity index (χ0n) is 31.3. The Morgan fingerprint density at radius 3 is 2.04 bits per heavy atom. The lowest BCUT2D eigenvalue weighted by molar-refractivity contribution is -0.277. The van der Waals surface area contributed by atoms with Gasteiger partial charge in [-0.3, -0.25) is 19.6 Å². The molecule has 0 saturated carbocycles. The van der Waals surface area contributed by atoms with Gasteiger partial charge in [0.05, 0.1) is 6.61 Å². The van der Waals surface area contributed by atoms with Crippen molar-refractivity contribution >= 4 is 29.8 Å². The van der Waals surface area contributed by atoms with E-state index in [1.807, 2.05) is 32.1 Å². The summed E-state index contributed by atoms with van der Waals surface area (Å²) >= 11 is 0. The van der Waals surface area contributed by atoms with E-state index < -0.39 is 49.3 Å². The molecule has 1 saturated heterocycles. The highest BCUT2D eigenvalue weighted by molar-refractivity contribution is 5.92. The number of aliphatic hydroxyl groups excluding tert-OH is 4. The van der Waals surface area contributed by atoms with Crippen LogP contribution in [0.25, 0.3) is 6.08 Å². The molecule has 55 heavy (non-hydrogen) atoms. The van der Waals surface area contributed by atoms with E-state index in [0.29, 0.717) is 67.9 Å². The number of benzene rings is 2. The lowest BCUT2D eigenvalue weighted by Gasteiger charge is -2.39. The number of amides is 2. The molecule has 17 heteroatoms. The second-order valence-corrected chi connectivity index (χ2v) is 12.8. The van der Waals surface area contributed by atoms with Gasteiger partial charge in [0, 0.05) is 37.8 Å². The zero-order valence-corrected chi connectivity index (χ0v) is 31.3. The fourth-order valence-electron chi connectivity index (χ4n) is 5.62. The van der Waals surface area contributed by atoms with Gasteiger partial charge in [-0.25, -0.2) is 0 Å². The topological polar surface area (TPSA) is 296 Å². The molecule has 0 aliphatic carbocycles. The van der Waals surface area contributed by atoms with Gasteiger partial charge in [-0.05, 0) is 81.0 Å². The first-order chi connectivity index (χ1) is 26.4. The normalized spacial score (nSPS) is 22.8. The minimum atomic E-state index is -1.58. The molecule has 2 heterocycles. The quantitative estimate of drug-likeness (QED) is 0.0334. The molecular formula is C38H56N8O9. The van der Waals surface area contributed by atoms with Gasteiger partial charge in [0.1, 0.15) is 47.9 Å². The Labute approximate surface area is 321 Å². The van der Waals surface area contributed by atoms with Crippen molar-refractivity contribution in [2.45, 2.75) is 82.3 Å². The molecule has 7 unspecified atom stereocenters. The number of hydrogen-bond acceptors (Lipinski definition) is 11.